The molecule has 0 saturated heterocycles. The second-order valence-corrected chi connectivity index (χ2v) is 5.85. The van der Waals surface area contributed by atoms with Gasteiger partial charge in [0.2, 0.25) is 0 Å². The quantitative estimate of drug-likeness (QED) is 0.723. The molecule has 116 valence electrons. The van der Waals surface area contributed by atoms with Crippen molar-refractivity contribution in [2.45, 2.75) is 44.2 Å². The fourth-order valence-corrected chi connectivity index (χ4v) is 3.28. The average Bonchev–Trinajstić information content (AvgIpc) is 2.52. The van der Waals surface area contributed by atoms with Crippen molar-refractivity contribution in [3.63, 3.8) is 0 Å². The van der Waals surface area contributed by atoms with Gasteiger partial charge in [0.25, 0.3) is 0 Å². The summed E-state index contributed by atoms with van der Waals surface area (Å²) in [5.41, 5.74) is 2.78. The average molecular weight is 289 g/mol. The first-order valence-electron chi connectivity index (χ1n) is 7.98. The van der Waals surface area contributed by atoms with E-state index < -0.39 is 0 Å². The predicted molar refractivity (Wildman–Crippen MR) is 86.2 cm³/mol. The highest BCUT2D eigenvalue weighted by Gasteiger charge is 2.26. The molecule has 0 saturated carbocycles. The summed E-state index contributed by atoms with van der Waals surface area (Å²) in [4.78, 5) is 2.24. The molecule has 0 aliphatic heterocycles. The molecule has 0 radical (unpaired) electrons. The maximum atomic E-state index is 10.2. The largest absolute Gasteiger partial charge is 0.395 e. The van der Waals surface area contributed by atoms with Gasteiger partial charge in [-0.1, -0.05) is 30.3 Å². The Balaban J connectivity index is 2.09. The summed E-state index contributed by atoms with van der Waals surface area (Å²) in [6.07, 6.45) is 6.46. The van der Waals surface area contributed by atoms with Gasteiger partial charge >= 0.3 is 0 Å². The lowest BCUT2D eigenvalue weighted by Gasteiger charge is -2.36. The van der Waals surface area contributed by atoms with Gasteiger partial charge in [0.1, 0.15) is 0 Å². The lowest BCUT2D eigenvalue weighted by molar-refractivity contribution is 0.0632. The monoisotopic (exact) mass is 289 g/mol. The third-order valence-electron chi connectivity index (χ3n) is 4.32. The molecule has 1 aromatic rings. The standard InChI is InChI=1S/C18H27NO2/c1-2-3-9-16(21)14-19(12-13-20)18-11-6-8-15-7-4-5-10-17(15)18/h2,4-5,7,10,16,18,20-21H,1,3,6,8-9,11-14H2. The topological polar surface area (TPSA) is 43.7 Å². The molecule has 0 spiro atoms. The van der Waals surface area contributed by atoms with Crippen LogP contribution in [-0.4, -0.2) is 40.9 Å². The van der Waals surface area contributed by atoms with Crippen molar-refractivity contribution >= 4 is 0 Å². The van der Waals surface area contributed by atoms with Crippen molar-refractivity contribution in [1.82, 2.24) is 4.90 Å². The van der Waals surface area contributed by atoms with E-state index in [2.05, 4.69) is 35.7 Å². The number of aliphatic hydroxyl groups is 2. The number of aliphatic hydroxyl groups excluding tert-OH is 2. The molecule has 2 unspecified atom stereocenters. The highest BCUT2D eigenvalue weighted by molar-refractivity contribution is 5.32. The Kier molecular flexibility index (Phi) is 6.43. The zero-order valence-corrected chi connectivity index (χ0v) is 12.7. The van der Waals surface area contributed by atoms with E-state index in [9.17, 15) is 10.2 Å². The van der Waals surface area contributed by atoms with Gasteiger partial charge in [-0.3, -0.25) is 4.90 Å². The van der Waals surface area contributed by atoms with E-state index in [1.165, 1.54) is 17.5 Å². The van der Waals surface area contributed by atoms with E-state index in [0.717, 1.165) is 25.7 Å². The SMILES string of the molecule is C=CCCC(O)CN(CCO)C1CCCc2ccccc21. The molecule has 3 heteroatoms. The van der Waals surface area contributed by atoms with Gasteiger partial charge < -0.3 is 10.2 Å². The summed E-state index contributed by atoms with van der Waals surface area (Å²) in [6, 6.07) is 8.89. The molecule has 2 atom stereocenters. The van der Waals surface area contributed by atoms with E-state index in [4.69, 9.17) is 0 Å². The molecule has 1 aromatic carbocycles. The van der Waals surface area contributed by atoms with Gasteiger partial charge in [-0.25, -0.2) is 0 Å². The number of fused-ring (bicyclic) bond motifs is 1. The summed E-state index contributed by atoms with van der Waals surface area (Å²) in [7, 11) is 0. The van der Waals surface area contributed by atoms with E-state index >= 15 is 0 Å². The normalized spacial score (nSPS) is 19.3. The number of benzene rings is 1. The zero-order valence-electron chi connectivity index (χ0n) is 12.7. The lowest BCUT2D eigenvalue weighted by Crippen LogP contribution is -2.39. The minimum absolute atomic E-state index is 0.132. The summed E-state index contributed by atoms with van der Waals surface area (Å²) in [6.45, 7) is 5.07. The Hall–Kier alpha value is -1.16. The van der Waals surface area contributed by atoms with Gasteiger partial charge in [0.05, 0.1) is 12.7 Å². The smallest absolute Gasteiger partial charge is 0.0670 e. The first-order valence-corrected chi connectivity index (χ1v) is 7.98. The first-order chi connectivity index (χ1) is 10.3. The van der Waals surface area contributed by atoms with Crippen LogP contribution in [0.5, 0.6) is 0 Å². The van der Waals surface area contributed by atoms with Crippen LogP contribution in [0.15, 0.2) is 36.9 Å². The van der Waals surface area contributed by atoms with Gasteiger partial charge in [-0.2, -0.15) is 0 Å². The molecule has 1 aliphatic carbocycles. The maximum absolute atomic E-state index is 10.2. The van der Waals surface area contributed by atoms with Crippen molar-refractivity contribution in [2.24, 2.45) is 0 Å². The molecule has 2 rings (SSSR count). The van der Waals surface area contributed by atoms with E-state index in [0.29, 0.717) is 19.1 Å². The van der Waals surface area contributed by atoms with E-state index in [-0.39, 0.29) is 12.7 Å². The van der Waals surface area contributed by atoms with Crippen molar-refractivity contribution in [1.29, 1.82) is 0 Å². The van der Waals surface area contributed by atoms with Crippen molar-refractivity contribution in [3.05, 3.63) is 48.0 Å². The second kappa shape index (κ2) is 8.32. The van der Waals surface area contributed by atoms with Crippen molar-refractivity contribution < 1.29 is 10.2 Å². The van der Waals surface area contributed by atoms with Gasteiger partial charge in [0, 0.05) is 19.1 Å². The highest BCUT2D eigenvalue weighted by Crippen LogP contribution is 2.34. The third-order valence-corrected chi connectivity index (χ3v) is 4.32. The van der Waals surface area contributed by atoms with Crippen LogP contribution in [0.25, 0.3) is 0 Å². The number of rotatable bonds is 8. The Labute approximate surface area is 127 Å². The van der Waals surface area contributed by atoms with Gasteiger partial charge in [0.15, 0.2) is 0 Å². The third kappa shape index (κ3) is 4.40. The molecule has 0 amide bonds. The highest BCUT2D eigenvalue weighted by atomic mass is 16.3. The molecule has 3 nitrogen and oxygen atoms in total. The van der Waals surface area contributed by atoms with Crippen LogP contribution in [0.3, 0.4) is 0 Å². The molecule has 1 aliphatic rings. The number of allylic oxidation sites excluding steroid dienone is 1. The Morgan fingerprint density at radius 2 is 2.19 bits per heavy atom. The first kappa shape index (κ1) is 16.2. The van der Waals surface area contributed by atoms with Crippen LogP contribution in [0.1, 0.15) is 42.9 Å². The summed E-state index contributed by atoms with van der Waals surface area (Å²) in [5, 5.41) is 19.5. The Bertz CT molecular complexity index is 447. The molecule has 0 aromatic heterocycles. The Morgan fingerprint density at radius 1 is 1.38 bits per heavy atom. The predicted octanol–water partition coefficient (Wildman–Crippen LogP) is 2.69. The molecule has 21 heavy (non-hydrogen) atoms. The van der Waals surface area contributed by atoms with Gasteiger partial charge in [-0.05, 0) is 43.2 Å². The number of hydrogen-bond donors (Lipinski definition) is 2. The molecule has 0 heterocycles. The molecule has 2 N–H and O–H groups in total. The zero-order chi connectivity index (χ0) is 15.1. The molecular formula is C18H27NO2. The second-order valence-electron chi connectivity index (χ2n) is 5.85. The van der Waals surface area contributed by atoms with E-state index in [1.807, 2.05) is 6.08 Å². The summed E-state index contributed by atoms with van der Waals surface area (Å²) in [5.74, 6) is 0. The number of nitrogens with zero attached hydrogens (tertiary/aromatic N) is 1. The van der Waals surface area contributed by atoms with Crippen molar-refractivity contribution in [2.75, 3.05) is 19.7 Å². The summed E-state index contributed by atoms with van der Waals surface area (Å²) >= 11 is 0. The molecule has 0 fully saturated rings. The number of aryl methyl sites for hydroxylation is 1. The minimum Gasteiger partial charge on any atom is -0.395 e. The molecular weight excluding hydrogens is 262 g/mol. The summed E-state index contributed by atoms with van der Waals surface area (Å²) < 4.78 is 0. The van der Waals surface area contributed by atoms with E-state index in [1.54, 1.807) is 0 Å². The van der Waals surface area contributed by atoms with Crippen LogP contribution >= 0.6 is 0 Å². The fraction of sp³-hybridized carbons (Fsp3) is 0.556. The van der Waals surface area contributed by atoms with Crippen LogP contribution in [0.4, 0.5) is 0 Å². The molecule has 0 bridgehead atoms. The van der Waals surface area contributed by atoms with Crippen molar-refractivity contribution in [3.8, 4) is 0 Å². The van der Waals surface area contributed by atoms with Crippen LogP contribution in [0, 0.1) is 0 Å². The Morgan fingerprint density at radius 3 is 2.95 bits per heavy atom. The van der Waals surface area contributed by atoms with Crippen LogP contribution < -0.4 is 0 Å². The van der Waals surface area contributed by atoms with Crippen LogP contribution in [-0.2, 0) is 6.42 Å². The number of hydrogen-bond acceptors (Lipinski definition) is 3. The van der Waals surface area contributed by atoms with Gasteiger partial charge in [-0.15, -0.1) is 6.58 Å². The maximum Gasteiger partial charge on any atom is 0.0670 e. The minimum atomic E-state index is -0.358. The fourth-order valence-electron chi connectivity index (χ4n) is 3.28. The lowest BCUT2D eigenvalue weighted by atomic mass is 9.86. The van der Waals surface area contributed by atoms with Crippen LogP contribution in [0.2, 0.25) is 0 Å².